The van der Waals surface area contributed by atoms with Crippen molar-refractivity contribution >= 4 is 28.3 Å². The lowest BCUT2D eigenvalue weighted by molar-refractivity contribution is -0.122. The van der Waals surface area contributed by atoms with E-state index in [-0.39, 0.29) is 11.8 Å². The summed E-state index contributed by atoms with van der Waals surface area (Å²) in [5.74, 6) is 1.33. The molecule has 1 amide bonds. The molecule has 1 aromatic carbocycles. The first-order chi connectivity index (χ1) is 10.8. The van der Waals surface area contributed by atoms with Crippen LogP contribution < -0.4 is 10.2 Å². The van der Waals surface area contributed by atoms with Crippen molar-refractivity contribution in [1.82, 2.24) is 9.97 Å². The van der Waals surface area contributed by atoms with Crippen molar-refractivity contribution in [2.75, 3.05) is 23.3 Å². The van der Waals surface area contributed by atoms with Crippen molar-refractivity contribution in [3.8, 4) is 0 Å². The molecule has 0 bridgehead atoms. The molecule has 4 rings (SSSR count). The molecule has 1 N–H and O–H groups in total. The zero-order valence-corrected chi connectivity index (χ0v) is 12.6. The van der Waals surface area contributed by atoms with Crippen LogP contribution in [0.2, 0.25) is 0 Å². The van der Waals surface area contributed by atoms with Crippen LogP contribution in [0.1, 0.15) is 32.1 Å². The second kappa shape index (κ2) is 5.55. The Morgan fingerprint density at radius 3 is 2.68 bits per heavy atom. The first kappa shape index (κ1) is 13.5. The highest BCUT2D eigenvalue weighted by Gasteiger charge is 2.25. The van der Waals surface area contributed by atoms with Crippen LogP contribution in [0, 0.1) is 5.92 Å². The second-order valence-corrected chi connectivity index (χ2v) is 6.24. The van der Waals surface area contributed by atoms with Gasteiger partial charge in [-0.05, 0) is 43.9 Å². The topological polar surface area (TPSA) is 58.1 Å². The molecule has 2 aromatic rings. The van der Waals surface area contributed by atoms with E-state index < -0.39 is 0 Å². The van der Waals surface area contributed by atoms with Gasteiger partial charge in [-0.3, -0.25) is 4.79 Å². The summed E-state index contributed by atoms with van der Waals surface area (Å²) < 4.78 is 0. The first-order valence-corrected chi connectivity index (χ1v) is 8.12. The number of hydrogen-bond donors (Lipinski definition) is 1. The molecule has 0 spiro atoms. The fraction of sp³-hybridized carbons (Fsp3) is 0.471. The molecule has 0 atom stereocenters. The normalized spacial score (nSPS) is 18.5. The molecule has 1 aromatic heterocycles. The molecule has 0 radical (unpaired) electrons. The van der Waals surface area contributed by atoms with E-state index in [0.29, 0.717) is 0 Å². The Hall–Kier alpha value is -2.17. The Bertz CT molecular complexity index is 705. The Morgan fingerprint density at radius 1 is 1.14 bits per heavy atom. The summed E-state index contributed by atoms with van der Waals surface area (Å²) in [6.45, 7) is 2.09. The van der Waals surface area contributed by atoms with Crippen LogP contribution in [0.5, 0.6) is 0 Å². The van der Waals surface area contributed by atoms with Crippen molar-refractivity contribution in [2.45, 2.75) is 32.1 Å². The van der Waals surface area contributed by atoms with Crippen molar-refractivity contribution in [3.05, 3.63) is 24.5 Å². The number of anilines is 2. The summed E-state index contributed by atoms with van der Waals surface area (Å²) in [4.78, 5) is 23.2. The van der Waals surface area contributed by atoms with E-state index in [1.807, 2.05) is 18.2 Å². The van der Waals surface area contributed by atoms with Gasteiger partial charge < -0.3 is 10.2 Å². The fourth-order valence-corrected chi connectivity index (χ4v) is 3.22. The van der Waals surface area contributed by atoms with E-state index >= 15 is 0 Å². The van der Waals surface area contributed by atoms with E-state index in [2.05, 4.69) is 20.2 Å². The number of rotatable bonds is 3. The molecule has 2 heterocycles. The van der Waals surface area contributed by atoms with Gasteiger partial charge in [-0.25, -0.2) is 9.97 Å². The van der Waals surface area contributed by atoms with Gasteiger partial charge in [0.05, 0.1) is 5.52 Å². The molecule has 1 aliphatic carbocycles. The van der Waals surface area contributed by atoms with Crippen LogP contribution in [0.4, 0.5) is 11.5 Å². The molecule has 2 aliphatic rings. The number of carbonyl (C=O) groups excluding carboxylic acids is 1. The molecule has 5 nitrogen and oxygen atoms in total. The van der Waals surface area contributed by atoms with Gasteiger partial charge in [-0.2, -0.15) is 0 Å². The number of nitrogens with one attached hydrogen (secondary N) is 1. The summed E-state index contributed by atoms with van der Waals surface area (Å²) in [6.07, 6.45) is 7.25. The Morgan fingerprint density at radius 2 is 1.95 bits per heavy atom. The second-order valence-electron chi connectivity index (χ2n) is 6.24. The van der Waals surface area contributed by atoms with Crippen LogP contribution >= 0.6 is 0 Å². The molecule has 2 fully saturated rings. The molecule has 114 valence electrons. The fourth-order valence-electron chi connectivity index (χ4n) is 3.22. The predicted molar refractivity (Wildman–Crippen MR) is 87.0 cm³/mol. The van der Waals surface area contributed by atoms with Crippen LogP contribution in [0.25, 0.3) is 10.9 Å². The number of fused-ring (bicyclic) bond motifs is 1. The SMILES string of the molecule is O=C(Nc1ccc2ncnc(N3CCCC3)c2c1)C1CCC1. The Kier molecular flexibility index (Phi) is 3.41. The third-order valence-corrected chi connectivity index (χ3v) is 4.76. The molecule has 1 saturated carbocycles. The van der Waals surface area contributed by atoms with Crippen molar-refractivity contribution < 1.29 is 4.79 Å². The monoisotopic (exact) mass is 296 g/mol. The minimum atomic E-state index is 0.144. The van der Waals surface area contributed by atoms with Gasteiger partial charge >= 0.3 is 0 Å². The third-order valence-electron chi connectivity index (χ3n) is 4.76. The van der Waals surface area contributed by atoms with E-state index in [1.165, 1.54) is 19.3 Å². The maximum atomic E-state index is 12.1. The summed E-state index contributed by atoms with van der Waals surface area (Å²) in [6, 6.07) is 5.91. The number of hydrogen-bond acceptors (Lipinski definition) is 4. The highest BCUT2D eigenvalue weighted by molar-refractivity contribution is 5.97. The number of carbonyl (C=O) groups is 1. The molecule has 5 heteroatoms. The van der Waals surface area contributed by atoms with Gasteiger partial charge in [-0.1, -0.05) is 6.42 Å². The van der Waals surface area contributed by atoms with Crippen LogP contribution in [0.15, 0.2) is 24.5 Å². The maximum Gasteiger partial charge on any atom is 0.227 e. The molecule has 0 unspecified atom stereocenters. The first-order valence-electron chi connectivity index (χ1n) is 8.12. The van der Waals surface area contributed by atoms with E-state index in [1.54, 1.807) is 6.33 Å². The summed E-state index contributed by atoms with van der Waals surface area (Å²) >= 11 is 0. The lowest BCUT2D eigenvalue weighted by Gasteiger charge is -2.24. The smallest absolute Gasteiger partial charge is 0.227 e. The molecular weight excluding hydrogens is 276 g/mol. The number of benzene rings is 1. The predicted octanol–water partition coefficient (Wildman–Crippen LogP) is 2.97. The van der Waals surface area contributed by atoms with Crippen molar-refractivity contribution in [1.29, 1.82) is 0 Å². The molecule has 22 heavy (non-hydrogen) atoms. The summed E-state index contributed by atoms with van der Waals surface area (Å²) in [7, 11) is 0. The quantitative estimate of drug-likeness (QED) is 0.946. The zero-order valence-electron chi connectivity index (χ0n) is 12.6. The number of amides is 1. The molecule has 1 aliphatic heterocycles. The van der Waals surface area contributed by atoms with Gasteiger partial charge in [0.2, 0.25) is 5.91 Å². The molecular formula is C17H20N4O. The largest absolute Gasteiger partial charge is 0.356 e. The van der Waals surface area contributed by atoms with Gasteiger partial charge in [0.1, 0.15) is 12.1 Å². The average Bonchev–Trinajstić information content (AvgIpc) is 2.98. The van der Waals surface area contributed by atoms with E-state index in [9.17, 15) is 4.79 Å². The number of aromatic nitrogens is 2. The summed E-state index contributed by atoms with van der Waals surface area (Å²) in [5, 5.41) is 4.06. The van der Waals surface area contributed by atoms with Crippen molar-refractivity contribution in [2.24, 2.45) is 5.92 Å². The highest BCUT2D eigenvalue weighted by Crippen LogP contribution is 2.30. The van der Waals surface area contributed by atoms with Gasteiger partial charge in [-0.15, -0.1) is 0 Å². The van der Waals surface area contributed by atoms with Crippen LogP contribution in [0.3, 0.4) is 0 Å². The summed E-state index contributed by atoms with van der Waals surface area (Å²) in [5.41, 5.74) is 1.78. The average molecular weight is 296 g/mol. The zero-order chi connectivity index (χ0) is 14.9. The van der Waals surface area contributed by atoms with Gasteiger partial charge in [0, 0.05) is 30.1 Å². The minimum Gasteiger partial charge on any atom is -0.356 e. The highest BCUT2D eigenvalue weighted by atomic mass is 16.1. The molecule has 1 saturated heterocycles. The standard InChI is InChI=1S/C17H20N4O/c22-17(12-4-3-5-12)20-13-6-7-15-14(10-13)16(19-11-18-15)21-8-1-2-9-21/h6-7,10-12H,1-5,8-9H2,(H,20,22). The maximum absolute atomic E-state index is 12.1. The van der Waals surface area contributed by atoms with Crippen LogP contribution in [-0.2, 0) is 4.79 Å². The van der Waals surface area contributed by atoms with Gasteiger partial charge in [0.15, 0.2) is 0 Å². The lowest BCUT2D eigenvalue weighted by atomic mass is 9.85. The lowest BCUT2D eigenvalue weighted by Crippen LogP contribution is -2.28. The Labute approximate surface area is 129 Å². The van der Waals surface area contributed by atoms with Crippen molar-refractivity contribution in [3.63, 3.8) is 0 Å². The Balaban J connectivity index is 1.66. The third kappa shape index (κ3) is 2.40. The number of nitrogens with zero attached hydrogens (tertiary/aromatic N) is 3. The van der Waals surface area contributed by atoms with Gasteiger partial charge in [0.25, 0.3) is 0 Å². The van der Waals surface area contributed by atoms with Crippen LogP contribution in [-0.4, -0.2) is 29.0 Å². The minimum absolute atomic E-state index is 0.144. The van der Waals surface area contributed by atoms with E-state index in [4.69, 9.17) is 0 Å². The van der Waals surface area contributed by atoms with E-state index in [0.717, 1.165) is 48.3 Å².